The molecule has 1 unspecified atom stereocenters. The van der Waals surface area contributed by atoms with E-state index in [9.17, 15) is 0 Å². The summed E-state index contributed by atoms with van der Waals surface area (Å²) in [6.45, 7) is 0. The summed E-state index contributed by atoms with van der Waals surface area (Å²) >= 11 is 0. The highest BCUT2D eigenvalue weighted by atomic mass is 31.0. The van der Waals surface area contributed by atoms with E-state index in [0.717, 1.165) is 11.3 Å². The van der Waals surface area contributed by atoms with Crippen LogP contribution in [0.25, 0.3) is 22.2 Å². The maximum atomic E-state index is 5.40. The van der Waals surface area contributed by atoms with E-state index in [4.69, 9.17) is 4.42 Å². The summed E-state index contributed by atoms with van der Waals surface area (Å²) in [5.41, 5.74) is 2.27. The van der Waals surface area contributed by atoms with E-state index in [-0.39, 0.29) is 0 Å². The van der Waals surface area contributed by atoms with Crippen LogP contribution >= 0.6 is 9.39 Å². The lowest BCUT2D eigenvalue weighted by Crippen LogP contribution is -2.19. The van der Waals surface area contributed by atoms with Crippen LogP contribution in [-0.4, -0.2) is 0 Å². The average Bonchev–Trinajstić information content (AvgIpc) is 2.82. The molecular formula is C13H11NOP+. The molecule has 78 valence electrons. The van der Waals surface area contributed by atoms with Crippen molar-refractivity contribution in [3.63, 3.8) is 0 Å². The second-order valence-electron chi connectivity index (χ2n) is 3.67. The number of pyridine rings is 1. The topological polar surface area (TPSA) is 17.0 Å². The minimum absolute atomic E-state index is 0.891. The highest BCUT2D eigenvalue weighted by Crippen LogP contribution is 2.22. The van der Waals surface area contributed by atoms with E-state index in [0.29, 0.717) is 0 Å². The number of aromatic nitrogens is 1. The molecule has 2 heterocycles. The monoisotopic (exact) mass is 228 g/mol. The van der Waals surface area contributed by atoms with Crippen molar-refractivity contribution >= 4 is 20.3 Å². The van der Waals surface area contributed by atoms with Crippen molar-refractivity contribution in [3.05, 3.63) is 54.9 Å². The Morgan fingerprint density at radius 1 is 1.06 bits per heavy atom. The Morgan fingerprint density at radius 2 is 1.94 bits per heavy atom. The van der Waals surface area contributed by atoms with Crippen molar-refractivity contribution in [1.82, 2.24) is 0 Å². The van der Waals surface area contributed by atoms with Gasteiger partial charge >= 0.3 is 0 Å². The lowest BCUT2D eigenvalue weighted by molar-refractivity contribution is -0.467. The first-order valence-electron chi connectivity index (χ1n) is 5.08. The molecule has 0 aliphatic heterocycles. The third kappa shape index (κ3) is 1.52. The van der Waals surface area contributed by atoms with Crippen molar-refractivity contribution in [1.29, 1.82) is 0 Å². The van der Waals surface area contributed by atoms with Crippen LogP contribution in [0.1, 0.15) is 0 Å². The number of hydrogen-bond donors (Lipinski definition) is 0. The summed E-state index contributed by atoms with van der Waals surface area (Å²) in [6.07, 6.45) is 3.74. The predicted octanol–water partition coefficient (Wildman–Crippen LogP) is 3.03. The Hall–Kier alpha value is -1.66. The SMILES string of the molecule is P[n+]1cc(-c2ccco2)cc2ccccc21. The van der Waals surface area contributed by atoms with Gasteiger partial charge < -0.3 is 4.42 Å². The molecule has 2 aromatic heterocycles. The van der Waals surface area contributed by atoms with Gasteiger partial charge in [0.25, 0.3) is 0 Å². The fourth-order valence-electron chi connectivity index (χ4n) is 1.85. The highest BCUT2D eigenvalue weighted by Gasteiger charge is 2.10. The number of nitrogens with zero attached hydrogens (tertiary/aromatic N) is 1. The van der Waals surface area contributed by atoms with Crippen molar-refractivity contribution in [2.45, 2.75) is 0 Å². The summed E-state index contributed by atoms with van der Waals surface area (Å²) in [7, 11) is 2.70. The van der Waals surface area contributed by atoms with Gasteiger partial charge in [0.2, 0.25) is 5.52 Å². The molecule has 0 aliphatic carbocycles. The molecule has 0 N–H and O–H groups in total. The van der Waals surface area contributed by atoms with Gasteiger partial charge in [0, 0.05) is 11.5 Å². The summed E-state index contributed by atoms with van der Waals surface area (Å²) in [4.78, 5) is 0. The number of hydrogen-bond acceptors (Lipinski definition) is 1. The minimum Gasteiger partial charge on any atom is -0.464 e. The van der Waals surface area contributed by atoms with Crippen LogP contribution in [-0.2, 0) is 0 Å². The minimum atomic E-state index is 0.891. The molecule has 0 saturated carbocycles. The standard InChI is InChI=1S/C13H11NOP/c16-14-9-11(13-6-3-7-15-13)8-10-4-1-2-5-12(10)14/h1-9H,16H2/q+1. The fraction of sp³-hybridized carbons (Fsp3) is 0. The van der Waals surface area contributed by atoms with Crippen LogP contribution in [0.2, 0.25) is 0 Å². The maximum absolute atomic E-state index is 5.40. The van der Waals surface area contributed by atoms with Crippen LogP contribution in [0.3, 0.4) is 0 Å². The van der Waals surface area contributed by atoms with E-state index >= 15 is 0 Å². The summed E-state index contributed by atoms with van der Waals surface area (Å²) in [6, 6.07) is 14.3. The smallest absolute Gasteiger partial charge is 0.213 e. The number of furan rings is 1. The molecule has 1 aromatic carbocycles. The molecule has 0 fully saturated rings. The van der Waals surface area contributed by atoms with Crippen LogP contribution < -0.4 is 4.34 Å². The first-order valence-corrected chi connectivity index (χ1v) is 5.59. The number of rotatable bonds is 1. The Balaban J connectivity index is 2.29. The van der Waals surface area contributed by atoms with Crippen molar-refractivity contribution in [2.24, 2.45) is 0 Å². The molecule has 0 saturated heterocycles. The molecule has 3 heteroatoms. The zero-order valence-electron chi connectivity index (χ0n) is 8.63. The van der Waals surface area contributed by atoms with E-state index in [1.807, 2.05) is 34.8 Å². The van der Waals surface area contributed by atoms with Crippen LogP contribution in [0, 0.1) is 0 Å². The Kier molecular flexibility index (Phi) is 2.23. The summed E-state index contributed by atoms with van der Waals surface area (Å²) in [5, 5.41) is 1.20. The van der Waals surface area contributed by atoms with Gasteiger partial charge in [0.15, 0.2) is 15.6 Å². The zero-order chi connectivity index (χ0) is 11.0. The van der Waals surface area contributed by atoms with E-state index < -0.39 is 0 Å². The van der Waals surface area contributed by atoms with E-state index in [1.165, 1.54) is 10.9 Å². The van der Waals surface area contributed by atoms with Gasteiger partial charge in [0.05, 0.1) is 11.8 Å². The number of fused-ring (bicyclic) bond motifs is 1. The van der Waals surface area contributed by atoms with Crippen molar-refractivity contribution < 1.29 is 8.75 Å². The maximum Gasteiger partial charge on any atom is 0.213 e. The average molecular weight is 228 g/mol. The van der Waals surface area contributed by atoms with Gasteiger partial charge in [-0.15, -0.1) is 0 Å². The first-order chi connectivity index (χ1) is 7.84. The third-order valence-corrected chi connectivity index (χ3v) is 3.04. The molecule has 0 amide bonds. The fourth-order valence-corrected chi connectivity index (χ4v) is 2.24. The van der Waals surface area contributed by atoms with Gasteiger partial charge in [-0.05, 0) is 24.3 Å². The third-order valence-electron chi connectivity index (χ3n) is 2.61. The Bertz CT molecular complexity index is 631. The number of benzene rings is 1. The van der Waals surface area contributed by atoms with Crippen LogP contribution in [0.5, 0.6) is 0 Å². The van der Waals surface area contributed by atoms with Crippen molar-refractivity contribution in [3.8, 4) is 11.3 Å². The lowest BCUT2D eigenvalue weighted by Gasteiger charge is -1.99. The van der Waals surface area contributed by atoms with Gasteiger partial charge in [-0.1, -0.05) is 12.1 Å². The van der Waals surface area contributed by atoms with Gasteiger partial charge in [-0.3, -0.25) is 0 Å². The molecule has 16 heavy (non-hydrogen) atoms. The van der Waals surface area contributed by atoms with Gasteiger partial charge in [-0.25, -0.2) is 0 Å². The molecule has 3 aromatic rings. The lowest BCUT2D eigenvalue weighted by atomic mass is 10.1. The van der Waals surface area contributed by atoms with Gasteiger partial charge in [0.1, 0.15) is 5.76 Å². The second kappa shape index (κ2) is 3.73. The first kappa shape index (κ1) is 9.56. The molecule has 0 bridgehead atoms. The van der Waals surface area contributed by atoms with E-state index in [1.54, 1.807) is 6.26 Å². The zero-order valence-corrected chi connectivity index (χ0v) is 9.78. The van der Waals surface area contributed by atoms with Crippen LogP contribution in [0.15, 0.2) is 59.3 Å². The normalized spacial score (nSPS) is 10.8. The molecular weight excluding hydrogens is 217 g/mol. The predicted molar refractivity (Wildman–Crippen MR) is 67.0 cm³/mol. The Labute approximate surface area is 95.8 Å². The second-order valence-corrected chi connectivity index (χ2v) is 4.23. The van der Waals surface area contributed by atoms with E-state index in [2.05, 4.69) is 27.6 Å². The largest absolute Gasteiger partial charge is 0.464 e. The van der Waals surface area contributed by atoms with Crippen LogP contribution in [0.4, 0.5) is 0 Å². The quantitative estimate of drug-likeness (QED) is 0.585. The summed E-state index contributed by atoms with van der Waals surface area (Å²) in [5.74, 6) is 0.891. The highest BCUT2D eigenvalue weighted by molar-refractivity contribution is 7.07. The Morgan fingerprint density at radius 3 is 2.75 bits per heavy atom. The summed E-state index contributed by atoms with van der Waals surface area (Å²) < 4.78 is 7.44. The number of para-hydroxylation sites is 1. The molecule has 0 spiro atoms. The molecule has 1 atom stereocenters. The molecule has 0 aliphatic rings. The van der Waals surface area contributed by atoms with Crippen molar-refractivity contribution in [2.75, 3.05) is 0 Å². The molecule has 3 rings (SSSR count). The van der Waals surface area contributed by atoms with Gasteiger partial charge in [-0.2, -0.15) is 4.34 Å². The molecule has 2 nitrogen and oxygen atoms in total. The molecule has 0 radical (unpaired) electrons.